The summed E-state index contributed by atoms with van der Waals surface area (Å²) in [7, 11) is 3.03. The van der Waals surface area contributed by atoms with Crippen molar-refractivity contribution in [2.24, 2.45) is 0 Å². The van der Waals surface area contributed by atoms with Gasteiger partial charge >= 0.3 is 5.97 Å². The Labute approximate surface area is 123 Å². The first-order valence-electron chi connectivity index (χ1n) is 6.75. The van der Waals surface area contributed by atoms with E-state index in [2.05, 4.69) is 0 Å². The number of benzene rings is 2. The molecular weight excluding hydrogens is 268 g/mol. The van der Waals surface area contributed by atoms with Crippen molar-refractivity contribution in [3.05, 3.63) is 47.5 Å². The van der Waals surface area contributed by atoms with Crippen molar-refractivity contribution in [2.75, 3.05) is 20.8 Å². The SMILES string of the molecule is COC(=O)c1ccc2c(c1)-c1ccc(OC)cc1CCO2. The molecule has 0 radical (unpaired) electrons. The van der Waals surface area contributed by atoms with E-state index in [-0.39, 0.29) is 5.97 Å². The third kappa shape index (κ3) is 2.44. The van der Waals surface area contributed by atoms with Crippen molar-refractivity contribution in [1.29, 1.82) is 0 Å². The lowest BCUT2D eigenvalue weighted by atomic mass is 9.96. The molecule has 2 aromatic carbocycles. The van der Waals surface area contributed by atoms with Crippen LogP contribution in [-0.2, 0) is 11.2 Å². The lowest BCUT2D eigenvalue weighted by Crippen LogP contribution is -2.02. The van der Waals surface area contributed by atoms with Crippen LogP contribution < -0.4 is 9.47 Å². The maximum atomic E-state index is 11.7. The molecule has 4 nitrogen and oxygen atoms in total. The first kappa shape index (κ1) is 13.5. The molecule has 0 N–H and O–H groups in total. The zero-order chi connectivity index (χ0) is 14.8. The maximum Gasteiger partial charge on any atom is 0.337 e. The normalized spacial score (nSPS) is 12.5. The van der Waals surface area contributed by atoms with Crippen molar-refractivity contribution in [3.8, 4) is 22.6 Å². The molecule has 0 fully saturated rings. The Balaban J connectivity index is 2.15. The highest BCUT2D eigenvalue weighted by molar-refractivity contribution is 5.92. The summed E-state index contributed by atoms with van der Waals surface area (Å²) >= 11 is 0. The third-order valence-electron chi connectivity index (χ3n) is 3.63. The largest absolute Gasteiger partial charge is 0.497 e. The van der Waals surface area contributed by atoms with Crippen LogP contribution in [0.1, 0.15) is 15.9 Å². The molecule has 0 atom stereocenters. The summed E-state index contributed by atoms with van der Waals surface area (Å²) in [5.74, 6) is 1.25. The monoisotopic (exact) mass is 284 g/mol. The van der Waals surface area contributed by atoms with Crippen LogP contribution in [0.3, 0.4) is 0 Å². The van der Waals surface area contributed by atoms with Crippen LogP contribution >= 0.6 is 0 Å². The Morgan fingerprint density at radius 1 is 1.10 bits per heavy atom. The summed E-state index contributed by atoms with van der Waals surface area (Å²) in [5.41, 5.74) is 3.64. The fraction of sp³-hybridized carbons (Fsp3) is 0.235. The Bertz CT molecular complexity index is 691. The van der Waals surface area contributed by atoms with Gasteiger partial charge in [0.25, 0.3) is 0 Å². The lowest BCUT2D eigenvalue weighted by molar-refractivity contribution is 0.0601. The predicted octanol–water partition coefficient (Wildman–Crippen LogP) is 3.08. The number of hydrogen-bond donors (Lipinski definition) is 0. The van der Waals surface area contributed by atoms with E-state index in [1.807, 2.05) is 30.3 Å². The van der Waals surface area contributed by atoms with E-state index < -0.39 is 0 Å². The Hall–Kier alpha value is -2.49. The summed E-state index contributed by atoms with van der Waals surface area (Å²) in [5, 5.41) is 0. The Morgan fingerprint density at radius 2 is 1.95 bits per heavy atom. The van der Waals surface area contributed by atoms with Gasteiger partial charge in [0, 0.05) is 12.0 Å². The Kier molecular flexibility index (Phi) is 3.52. The summed E-state index contributed by atoms with van der Waals surface area (Å²) < 4.78 is 15.8. The fourth-order valence-corrected chi connectivity index (χ4v) is 2.55. The maximum absolute atomic E-state index is 11.7. The number of carbonyl (C=O) groups is 1. The molecule has 0 aliphatic carbocycles. The molecule has 3 rings (SSSR count). The van der Waals surface area contributed by atoms with Gasteiger partial charge in [-0.3, -0.25) is 0 Å². The smallest absolute Gasteiger partial charge is 0.337 e. The second-order valence-corrected chi connectivity index (χ2v) is 4.82. The average molecular weight is 284 g/mol. The summed E-state index contributed by atoms with van der Waals surface area (Å²) in [6, 6.07) is 11.3. The van der Waals surface area contributed by atoms with Crippen molar-refractivity contribution < 1.29 is 19.0 Å². The van der Waals surface area contributed by atoms with Crippen LogP contribution in [0.25, 0.3) is 11.1 Å². The highest BCUT2D eigenvalue weighted by Gasteiger charge is 2.18. The molecule has 2 aromatic rings. The summed E-state index contributed by atoms with van der Waals surface area (Å²) in [6.07, 6.45) is 0.800. The van der Waals surface area contributed by atoms with Gasteiger partial charge in [-0.05, 0) is 41.5 Å². The number of rotatable bonds is 2. The van der Waals surface area contributed by atoms with Gasteiger partial charge in [-0.25, -0.2) is 4.79 Å². The Morgan fingerprint density at radius 3 is 2.71 bits per heavy atom. The van der Waals surface area contributed by atoms with E-state index in [1.54, 1.807) is 13.2 Å². The molecular formula is C17H16O4. The van der Waals surface area contributed by atoms with E-state index in [1.165, 1.54) is 7.11 Å². The van der Waals surface area contributed by atoms with Crippen LogP contribution in [0, 0.1) is 0 Å². The molecule has 0 saturated carbocycles. The van der Waals surface area contributed by atoms with Gasteiger partial charge in [0.1, 0.15) is 11.5 Å². The topological polar surface area (TPSA) is 44.8 Å². The molecule has 21 heavy (non-hydrogen) atoms. The van der Waals surface area contributed by atoms with E-state index in [9.17, 15) is 4.79 Å². The quantitative estimate of drug-likeness (QED) is 0.795. The van der Waals surface area contributed by atoms with Crippen molar-refractivity contribution in [2.45, 2.75) is 6.42 Å². The lowest BCUT2D eigenvalue weighted by Gasteiger charge is -2.11. The van der Waals surface area contributed by atoms with Gasteiger partial charge in [0.2, 0.25) is 0 Å². The van der Waals surface area contributed by atoms with E-state index in [0.717, 1.165) is 34.6 Å². The number of hydrogen-bond acceptors (Lipinski definition) is 4. The second-order valence-electron chi connectivity index (χ2n) is 4.82. The molecule has 0 spiro atoms. The first-order valence-corrected chi connectivity index (χ1v) is 6.75. The molecule has 0 bridgehead atoms. The van der Waals surface area contributed by atoms with Gasteiger partial charge in [-0.15, -0.1) is 0 Å². The number of carbonyl (C=O) groups excluding carboxylic acids is 1. The van der Waals surface area contributed by atoms with Crippen LogP contribution in [0.2, 0.25) is 0 Å². The van der Waals surface area contributed by atoms with Crippen LogP contribution in [-0.4, -0.2) is 26.8 Å². The summed E-state index contributed by atoms with van der Waals surface area (Å²) in [4.78, 5) is 11.7. The van der Waals surface area contributed by atoms with Gasteiger partial charge in [0.05, 0.1) is 26.4 Å². The van der Waals surface area contributed by atoms with E-state index in [0.29, 0.717) is 12.2 Å². The average Bonchev–Trinajstić information content (AvgIpc) is 2.71. The van der Waals surface area contributed by atoms with E-state index >= 15 is 0 Å². The second kappa shape index (κ2) is 5.48. The highest BCUT2D eigenvalue weighted by atomic mass is 16.5. The molecule has 1 aliphatic rings. The fourth-order valence-electron chi connectivity index (χ4n) is 2.55. The first-order chi connectivity index (χ1) is 10.2. The number of fused-ring (bicyclic) bond motifs is 3. The molecule has 0 saturated heterocycles. The van der Waals surface area contributed by atoms with Gasteiger partial charge in [0.15, 0.2) is 0 Å². The van der Waals surface area contributed by atoms with Crippen molar-refractivity contribution >= 4 is 5.97 Å². The predicted molar refractivity (Wildman–Crippen MR) is 79.0 cm³/mol. The van der Waals surface area contributed by atoms with Crippen LogP contribution in [0.4, 0.5) is 0 Å². The van der Waals surface area contributed by atoms with E-state index in [4.69, 9.17) is 14.2 Å². The molecule has 4 heteroatoms. The third-order valence-corrected chi connectivity index (χ3v) is 3.63. The van der Waals surface area contributed by atoms with Crippen LogP contribution in [0.15, 0.2) is 36.4 Å². The molecule has 1 aliphatic heterocycles. The molecule has 1 heterocycles. The minimum Gasteiger partial charge on any atom is -0.497 e. The zero-order valence-electron chi connectivity index (χ0n) is 12.0. The van der Waals surface area contributed by atoms with Crippen LogP contribution in [0.5, 0.6) is 11.5 Å². The standard InChI is InChI=1S/C17H16O4/c1-19-13-4-5-14-11(9-13)7-8-21-16-6-3-12(10-15(14)16)17(18)20-2/h3-6,9-10H,7-8H2,1-2H3. The molecule has 108 valence electrons. The minimum atomic E-state index is -0.350. The van der Waals surface area contributed by atoms with Gasteiger partial charge in [-0.2, -0.15) is 0 Å². The zero-order valence-corrected chi connectivity index (χ0v) is 12.0. The molecule has 0 unspecified atom stereocenters. The molecule has 0 amide bonds. The van der Waals surface area contributed by atoms with Gasteiger partial charge in [-0.1, -0.05) is 6.07 Å². The number of ether oxygens (including phenoxy) is 3. The number of methoxy groups -OCH3 is 2. The molecule has 0 aromatic heterocycles. The summed E-state index contributed by atoms with van der Waals surface area (Å²) in [6.45, 7) is 0.602. The van der Waals surface area contributed by atoms with Crippen molar-refractivity contribution in [1.82, 2.24) is 0 Å². The van der Waals surface area contributed by atoms with Crippen molar-refractivity contribution in [3.63, 3.8) is 0 Å². The number of esters is 1. The highest BCUT2D eigenvalue weighted by Crippen LogP contribution is 2.37. The van der Waals surface area contributed by atoms with Gasteiger partial charge < -0.3 is 14.2 Å². The minimum absolute atomic E-state index is 0.350.